The summed E-state index contributed by atoms with van der Waals surface area (Å²) >= 11 is 0. The molecule has 2 aliphatic heterocycles. The van der Waals surface area contributed by atoms with Crippen LogP contribution in [0.5, 0.6) is 0 Å². The predicted molar refractivity (Wildman–Crippen MR) is 121 cm³/mol. The van der Waals surface area contributed by atoms with Gasteiger partial charge in [0.25, 0.3) is 0 Å². The molecule has 1 N–H and O–H groups in total. The molecule has 0 saturated carbocycles. The third kappa shape index (κ3) is 5.17. The van der Waals surface area contributed by atoms with Crippen LogP contribution in [0.2, 0.25) is 0 Å². The van der Waals surface area contributed by atoms with Gasteiger partial charge in [-0.05, 0) is 87.1 Å². The van der Waals surface area contributed by atoms with Gasteiger partial charge in [0.05, 0.1) is 17.0 Å². The molecule has 0 aliphatic carbocycles. The van der Waals surface area contributed by atoms with Gasteiger partial charge in [-0.2, -0.15) is 5.26 Å². The van der Waals surface area contributed by atoms with Gasteiger partial charge < -0.3 is 15.0 Å². The molecular weight excluding hydrogens is 405 g/mol. The minimum Gasteiger partial charge on any atom is -0.381 e. The smallest absolute Gasteiger partial charge is 0.226 e. The molecule has 1 amide bonds. The van der Waals surface area contributed by atoms with Gasteiger partial charge in [-0.1, -0.05) is 24.3 Å². The van der Waals surface area contributed by atoms with Crippen molar-refractivity contribution in [3.05, 3.63) is 59.4 Å². The number of hydrogen-bond acceptors (Lipinski definition) is 4. The molecule has 6 heteroatoms. The number of carbonyl (C=O) groups is 1. The van der Waals surface area contributed by atoms with Crippen LogP contribution < -0.4 is 5.32 Å². The molecule has 2 fully saturated rings. The Hall–Kier alpha value is -2.75. The number of halogens is 1. The summed E-state index contributed by atoms with van der Waals surface area (Å²) in [6.45, 7) is 3.16. The van der Waals surface area contributed by atoms with Gasteiger partial charge in [-0.25, -0.2) is 4.39 Å². The van der Waals surface area contributed by atoms with Gasteiger partial charge in [0.1, 0.15) is 5.82 Å². The van der Waals surface area contributed by atoms with Crippen molar-refractivity contribution in [1.82, 2.24) is 10.2 Å². The molecule has 2 heterocycles. The monoisotopic (exact) mass is 435 g/mol. The first-order valence-corrected chi connectivity index (χ1v) is 11.3. The van der Waals surface area contributed by atoms with E-state index in [1.54, 1.807) is 6.07 Å². The zero-order valence-electron chi connectivity index (χ0n) is 18.6. The van der Waals surface area contributed by atoms with Crippen molar-refractivity contribution >= 4 is 5.91 Å². The molecule has 0 atom stereocenters. The number of hydrogen-bond donors (Lipinski definition) is 1. The van der Waals surface area contributed by atoms with E-state index in [4.69, 9.17) is 4.74 Å². The Labute approximate surface area is 189 Å². The fourth-order valence-corrected chi connectivity index (χ4v) is 4.81. The Morgan fingerprint density at radius 2 is 1.94 bits per heavy atom. The summed E-state index contributed by atoms with van der Waals surface area (Å²) in [6, 6.07) is 14.5. The molecular formula is C26H30FN3O2. The molecule has 0 bridgehead atoms. The van der Waals surface area contributed by atoms with Crippen LogP contribution in [-0.2, 0) is 16.0 Å². The summed E-state index contributed by atoms with van der Waals surface area (Å²) in [5.74, 6) is -0.305. The number of amides is 1. The lowest BCUT2D eigenvalue weighted by Crippen LogP contribution is -2.51. The number of nitrogens with zero attached hydrogens (tertiary/aromatic N) is 2. The van der Waals surface area contributed by atoms with Crippen molar-refractivity contribution in [2.45, 2.75) is 38.1 Å². The molecule has 4 rings (SSSR count). The zero-order chi connectivity index (χ0) is 22.6. The Balaban J connectivity index is 1.56. The van der Waals surface area contributed by atoms with Crippen molar-refractivity contribution in [3.8, 4) is 17.2 Å². The third-order valence-corrected chi connectivity index (χ3v) is 6.82. The largest absolute Gasteiger partial charge is 0.381 e. The third-order valence-electron chi connectivity index (χ3n) is 6.82. The van der Waals surface area contributed by atoms with Crippen LogP contribution in [0.1, 0.15) is 36.8 Å². The van der Waals surface area contributed by atoms with Crippen molar-refractivity contribution in [2.24, 2.45) is 5.41 Å². The summed E-state index contributed by atoms with van der Waals surface area (Å²) in [4.78, 5) is 15.8. The van der Waals surface area contributed by atoms with Gasteiger partial charge in [0, 0.05) is 19.3 Å². The number of ether oxygens (including phenoxy) is 1. The molecule has 0 spiro atoms. The SMILES string of the molecule is CN1CCC(NC(=O)C2(Cc3cccc(-c4cc(F)cc(C#N)c4)c3)CCOCC2)CC1. The summed E-state index contributed by atoms with van der Waals surface area (Å²) in [6.07, 6.45) is 3.95. The van der Waals surface area contributed by atoms with Crippen LogP contribution in [0.3, 0.4) is 0 Å². The van der Waals surface area contributed by atoms with E-state index in [1.807, 2.05) is 30.3 Å². The van der Waals surface area contributed by atoms with Crippen LogP contribution in [-0.4, -0.2) is 50.2 Å². The van der Waals surface area contributed by atoms with Crippen LogP contribution >= 0.6 is 0 Å². The first kappa shape index (κ1) is 22.4. The molecule has 2 saturated heterocycles. The predicted octanol–water partition coefficient (Wildman–Crippen LogP) is 3.91. The topological polar surface area (TPSA) is 65.4 Å². The number of rotatable bonds is 5. The quantitative estimate of drug-likeness (QED) is 0.773. The van der Waals surface area contributed by atoms with E-state index in [1.165, 1.54) is 12.1 Å². The Morgan fingerprint density at radius 3 is 2.66 bits per heavy atom. The molecule has 168 valence electrons. The van der Waals surface area contributed by atoms with E-state index in [2.05, 4.69) is 17.3 Å². The molecule has 2 aromatic carbocycles. The highest BCUT2D eigenvalue weighted by Crippen LogP contribution is 2.36. The van der Waals surface area contributed by atoms with E-state index >= 15 is 0 Å². The van der Waals surface area contributed by atoms with Crippen LogP contribution in [0.4, 0.5) is 4.39 Å². The highest BCUT2D eigenvalue weighted by Gasteiger charge is 2.41. The molecule has 0 radical (unpaired) electrons. The summed E-state index contributed by atoms with van der Waals surface area (Å²) in [5.41, 5.74) is 2.34. The van der Waals surface area contributed by atoms with Crippen molar-refractivity contribution in [1.29, 1.82) is 5.26 Å². The van der Waals surface area contributed by atoms with E-state index in [0.29, 0.717) is 43.6 Å². The first-order chi connectivity index (χ1) is 15.5. The molecule has 2 aromatic rings. The number of nitrogens with one attached hydrogen (secondary N) is 1. The normalized spacial score (nSPS) is 19.3. The van der Waals surface area contributed by atoms with Crippen molar-refractivity contribution in [3.63, 3.8) is 0 Å². The van der Waals surface area contributed by atoms with Crippen molar-refractivity contribution in [2.75, 3.05) is 33.4 Å². The summed E-state index contributed by atoms with van der Waals surface area (Å²) in [7, 11) is 2.11. The van der Waals surface area contributed by atoms with E-state index in [-0.39, 0.29) is 11.9 Å². The molecule has 5 nitrogen and oxygen atoms in total. The van der Waals surface area contributed by atoms with Crippen molar-refractivity contribution < 1.29 is 13.9 Å². The number of benzene rings is 2. The maximum absolute atomic E-state index is 14.0. The van der Waals surface area contributed by atoms with E-state index < -0.39 is 11.2 Å². The number of piperidine rings is 1. The first-order valence-electron chi connectivity index (χ1n) is 11.3. The highest BCUT2D eigenvalue weighted by atomic mass is 19.1. The average molecular weight is 436 g/mol. The molecule has 0 unspecified atom stereocenters. The van der Waals surface area contributed by atoms with E-state index in [9.17, 15) is 14.4 Å². The van der Waals surface area contributed by atoms with Gasteiger partial charge in [0.15, 0.2) is 0 Å². The van der Waals surface area contributed by atoms with Crippen LogP contribution in [0.25, 0.3) is 11.1 Å². The van der Waals surface area contributed by atoms with Gasteiger partial charge >= 0.3 is 0 Å². The lowest BCUT2D eigenvalue weighted by molar-refractivity contribution is -0.137. The van der Waals surface area contributed by atoms with E-state index in [0.717, 1.165) is 37.1 Å². The number of carbonyl (C=O) groups excluding carboxylic acids is 1. The maximum atomic E-state index is 14.0. The fraction of sp³-hybridized carbons (Fsp3) is 0.462. The minimum atomic E-state index is -0.500. The standard InChI is InChI=1S/C26H30FN3O2/c1-30-9-5-24(6-10-30)29-25(31)26(7-11-32-12-8-26)17-19-3-2-4-21(13-19)22-14-20(18-28)15-23(27)16-22/h2-4,13-16,24H,5-12,17H2,1H3,(H,29,31). The van der Waals surface area contributed by atoms with Crippen LogP contribution in [0, 0.1) is 22.6 Å². The number of nitriles is 1. The second kappa shape index (κ2) is 9.81. The minimum absolute atomic E-state index is 0.123. The second-order valence-corrected chi connectivity index (χ2v) is 9.16. The Bertz CT molecular complexity index is 1000. The molecule has 0 aromatic heterocycles. The highest BCUT2D eigenvalue weighted by molar-refractivity contribution is 5.83. The maximum Gasteiger partial charge on any atom is 0.226 e. The summed E-state index contributed by atoms with van der Waals surface area (Å²) < 4.78 is 19.6. The number of likely N-dealkylation sites (tertiary alicyclic amines) is 1. The zero-order valence-corrected chi connectivity index (χ0v) is 18.6. The Morgan fingerprint density at radius 1 is 1.19 bits per heavy atom. The lowest BCUT2D eigenvalue weighted by Gasteiger charge is -2.38. The Kier molecular flexibility index (Phi) is 6.88. The average Bonchev–Trinajstić information content (AvgIpc) is 2.81. The fourth-order valence-electron chi connectivity index (χ4n) is 4.81. The van der Waals surface area contributed by atoms with Gasteiger partial charge in [-0.3, -0.25) is 4.79 Å². The lowest BCUT2D eigenvalue weighted by atomic mass is 9.74. The summed E-state index contributed by atoms with van der Waals surface area (Å²) in [5, 5.41) is 12.5. The second-order valence-electron chi connectivity index (χ2n) is 9.16. The molecule has 32 heavy (non-hydrogen) atoms. The van der Waals surface area contributed by atoms with Crippen LogP contribution in [0.15, 0.2) is 42.5 Å². The molecule has 2 aliphatic rings. The van der Waals surface area contributed by atoms with Gasteiger partial charge in [-0.15, -0.1) is 0 Å². The van der Waals surface area contributed by atoms with Gasteiger partial charge in [0.2, 0.25) is 5.91 Å².